The van der Waals surface area contributed by atoms with E-state index in [4.69, 9.17) is 0 Å². The average molecular weight is 325 g/mol. The number of unbranched alkanes of at least 4 members (excludes halogenated alkanes) is 2. The number of hydrogen-bond donors (Lipinski definition) is 1. The third-order valence-electron chi connectivity index (χ3n) is 4.30. The zero-order valence-corrected chi connectivity index (χ0v) is 15.5. The summed E-state index contributed by atoms with van der Waals surface area (Å²) in [5, 5.41) is 3.05. The lowest BCUT2D eigenvalue weighted by Gasteiger charge is -2.26. The predicted octanol–water partition coefficient (Wildman–Crippen LogP) is 4.06. The van der Waals surface area contributed by atoms with Crippen molar-refractivity contribution in [3.63, 3.8) is 0 Å². The van der Waals surface area contributed by atoms with E-state index in [2.05, 4.69) is 12.2 Å². The highest BCUT2D eigenvalue weighted by atomic mass is 16.2. The lowest BCUT2D eigenvalue weighted by molar-refractivity contribution is -0.126. The van der Waals surface area contributed by atoms with Crippen LogP contribution < -0.4 is 5.32 Å². The minimum Gasteiger partial charge on any atom is -0.356 e. The summed E-state index contributed by atoms with van der Waals surface area (Å²) < 4.78 is 0. The summed E-state index contributed by atoms with van der Waals surface area (Å²) in [4.78, 5) is 32.2. The monoisotopic (exact) mass is 325 g/mol. The first-order valence-electron chi connectivity index (χ1n) is 9.11. The molecule has 1 saturated carbocycles. The van der Waals surface area contributed by atoms with Crippen LogP contribution >= 0.6 is 0 Å². The number of ketones is 2. The molecule has 0 heterocycles. The molecule has 0 atom stereocenters. The molecular formula is C19H35NO3. The van der Waals surface area contributed by atoms with Crippen LogP contribution in [0.25, 0.3) is 0 Å². The minimum atomic E-state index is 0.167. The van der Waals surface area contributed by atoms with Crippen molar-refractivity contribution in [3.05, 3.63) is 0 Å². The second-order valence-corrected chi connectivity index (χ2v) is 6.84. The molecule has 1 rings (SSSR count). The fraction of sp³-hybridized carbons (Fsp3) is 0.842. The lowest BCUT2D eigenvalue weighted by atomic mass is 9.80. The molecule has 0 aromatic heterocycles. The van der Waals surface area contributed by atoms with Crippen LogP contribution in [-0.4, -0.2) is 24.0 Å². The highest BCUT2D eigenvalue weighted by molar-refractivity contribution is 5.78. The first kappa shape index (κ1) is 21.8. The molecule has 0 unspecified atom stereocenters. The van der Waals surface area contributed by atoms with E-state index in [0.29, 0.717) is 6.42 Å². The van der Waals surface area contributed by atoms with Crippen LogP contribution in [0.1, 0.15) is 85.5 Å². The number of nitrogens with one attached hydrogen (secondary N) is 1. The molecule has 1 fully saturated rings. The van der Waals surface area contributed by atoms with E-state index in [1.54, 1.807) is 6.92 Å². The van der Waals surface area contributed by atoms with E-state index in [0.717, 1.165) is 44.6 Å². The summed E-state index contributed by atoms with van der Waals surface area (Å²) in [6.07, 6.45) is 9.46. The molecule has 4 nitrogen and oxygen atoms in total. The summed E-state index contributed by atoms with van der Waals surface area (Å²) in [6.45, 7) is 7.70. The number of rotatable bonds is 8. The molecule has 1 aliphatic carbocycles. The molecule has 0 aliphatic heterocycles. The van der Waals surface area contributed by atoms with E-state index >= 15 is 0 Å². The topological polar surface area (TPSA) is 63.2 Å². The highest BCUT2D eigenvalue weighted by Gasteiger charge is 2.24. The fourth-order valence-electron chi connectivity index (χ4n) is 2.86. The average Bonchev–Trinajstić information content (AvgIpc) is 2.49. The van der Waals surface area contributed by atoms with Crippen molar-refractivity contribution in [1.29, 1.82) is 0 Å². The standard InChI is InChI=1S/C16H29NO2.C3H6O/c1-3-14-8-10-15(11-9-14)16(19)17-12-6-4-5-7-13(2)18;1-3(2)4/h14-15H,3-12H2,1-2H3,(H,17,19);1-2H3. The van der Waals surface area contributed by atoms with Gasteiger partial charge in [-0.1, -0.05) is 19.8 Å². The van der Waals surface area contributed by atoms with Crippen molar-refractivity contribution in [1.82, 2.24) is 5.32 Å². The largest absolute Gasteiger partial charge is 0.356 e. The molecule has 0 radical (unpaired) electrons. The Labute approximate surface area is 141 Å². The second kappa shape index (κ2) is 13.3. The van der Waals surface area contributed by atoms with E-state index in [-0.39, 0.29) is 23.4 Å². The summed E-state index contributed by atoms with van der Waals surface area (Å²) in [7, 11) is 0. The number of carbonyl (C=O) groups excluding carboxylic acids is 3. The van der Waals surface area contributed by atoms with Crippen LogP contribution in [-0.2, 0) is 14.4 Å². The number of hydrogen-bond acceptors (Lipinski definition) is 3. The highest BCUT2D eigenvalue weighted by Crippen LogP contribution is 2.30. The van der Waals surface area contributed by atoms with E-state index in [1.807, 2.05) is 0 Å². The van der Waals surface area contributed by atoms with Crippen LogP contribution in [0.3, 0.4) is 0 Å². The van der Waals surface area contributed by atoms with Gasteiger partial charge in [-0.3, -0.25) is 4.79 Å². The van der Waals surface area contributed by atoms with Crippen molar-refractivity contribution >= 4 is 17.5 Å². The first-order chi connectivity index (χ1) is 10.9. The van der Waals surface area contributed by atoms with Gasteiger partial charge < -0.3 is 14.9 Å². The maximum Gasteiger partial charge on any atom is 0.223 e. The predicted molar refractivity (Wildman–Crippen MR) is 94.3 cm³/mol. The number of Topliss-reactive ketones (excluding diaryl/α,β-unsaturated/α-hetero) is 2. The molecule has 1 aliphatic rings. The first-order valence-corrected chi connectivity index (χ1v) is 9.11. The molecule has 1 N–H and O–H groups in total. The van der Waals surface area contributed by atoms with Gasteiger partial charge in [0.2, 0.25) is 5.91 Å². The van der Waals surface area contributed by atoms with Crippen LogP contribution in [0.5, 0.6) is 0 Å². The van der Waals surface area contributed by atoms with Crippen LogP contribution in [0.4, 0.5) is 0 Å². The maximum absolute atomic E-state index is 12.0. The number of amides is 1. The van der Waals surface area contributed by atoms with Crippen molar-refractivity contribution in [2.45, 2.75) is 85.5 Å². The van der Waals surface area contributed by atoms with Gasteiger partial charge >= 0.3 is 0 Å². The summed E-state index contributed by atoms with van der Waals surface area (Å²) in [5.41, 5.74) is 0. The van der Waals surface area contributed by atoms with Crippen molar-refractivity contribution in [3.8, 4) is 0 Å². The van der Waals surface area contributed by atoms with E-state index < -0.39 is 0 Å². The summed E-state index contributed by atoms with van der Waals surface area (Å²) in [5.74, 6) is 1.77. The Morgan fingerprint density at radius 2 is 1.48 bits per heavy atom. The van der Waals surface area contributed by atoms with Gasteiger partial charge in [0.1, 0.15) is 11.6 Å². The molecule has 23 heavy (non-hydrogen) atoms. The molecule has 4 heteroatoms. The molecule has 0 aromatic carbocycles. The van der Waals surface area contributed by atoms with Gasteiger partial charge in [0, 0.05) is 18.9 Å². The van der Waals surface area contributed by atoms with Crippen molar-refractivity contribution in [2.75, 3.05) is 6.54 Å². The summed E-state index contributed by atoms with van der Waals surface area (Å²) in [6, 6.07) is 0. The number of carbonyl (C=O) groups is 3. The normalized spacial score (nSPS) is 20.2. The molecule has 1 amide bonds. The Morgan fingerprint density at radius 3 is 1.96 bits per heavy atom. The Hall–Kier alpha value is -1.19. The zero-order chi connectivity index (χ0) is 17.7. The van der Waals surface area contributed by atoms with Gasteiger partial charge in [0.15, 0.2) is 0 Å². The van der Waals surface area contributed by atoms with Gasteiger partial charge in [0.05, 0.1) is 0 Å². The smallest absolute Gasteiger partial charge is 0.223 e. The van der Waals surface area contributed by atoms with E-state index in [1.165, 1.54) is 33.1 Å². The van der Waals surface area contributed by atoms with Gasteiger partial charge in [-0.15, -0.1) is 0 Å². The minimum absolute atomic E-state index is 0.167. The van der Waals surface area contributed by atoms with E-state index in [9.17, 15) is 14.4 Å². The maximum atomic E-state index is 12.0. The third kappa shape index (κ3) is 13.0. The van der Waals surface area contributed by atoms with Crippen molar-refractivity contribution < 1.29 is 14.4 Å². The zero-order valence-electron chi connectivity index (χ0n) is 15.5. The third-order valence-corrected chi connectivity index (χ3v) is 4.30. The Balaban J connectivity index is 0.00000108. The second-order valence-electron chi connectivity index (χ2n) is 6.84. The molecule has 134 valence electrons. The van der Waals surface area contributed by atoms with Gasteiger partial charge in [0.25, 0.3) is 0 Å². The molecular weight excluding hydrogens is 290 g/mol. The van der Waals surface area contributed by atoms with Gasteiger partial charge in [-0.25, -0.2) is 0 Å². The Kier molecular flexibility index (Phi) is 12.6. The molecule has 0 spiro atoms. The fourth-order valence-corrected chi connectivity index (χ4v) is 2.86. The van der Waals surface area contributed by atoms with Crippen LogP contribution in [0.15, 0.2) is 0 Å². The summed E-state index contributed by atoms with van der Waals surface area (Å²) >= 11 is 0. The van der Waals surface area contributed by atoms with Gasteiger partial charge in [-0.05, 0) is 65.2 Å². The van der Waals surface area contributed by atoms with Crippen molar-refractivity contribution in [2.24, 2.45) is 11.8 Å². The Morgan fingerprint density at radius 1 is 0.913 bits per heavy atom. The quantitative estimate of drug-likeness (QED) is 0.684. The Bertz CT molecular complexity index is 354. The van der Waals surface area contributed by atoms with Crippen LogP contribution in [0, 0.1) is 11.8 Å². The molecule has 0 bridgehead atoms. The van der Waals surface area contributed by atoms with Gasteiger partial charge in [-0.2, -0.15) is 0 Å². The SMILES string of the molecule is CC(C)=O.CCC1CCC(C(=O)NCCCCCC(C)=O)CC1. The molecule has 0 saturated heterocycles. The molecule has 0 aromatic rings. The van der Waals surface area contributed by atoms with Crippen LogP contribution in [0.2, 0.25) is 0 Å². The lowest BCUT2D eigenvalue weighted by Crippen LogP contribution is -2.33.